The standard InChI is InChI=1S/C10H8BrNO3/c11-5-1-2-8-3-4-10(12(14)15)9(6-8)7-13/h3-4,6,13H,5,7H2. The number of aliphatic hydroxyl groups excluding tert-OH is 1. The number of nitrogens with zero attached hydrogens (tertiary/aromatic N) is 1. The second kappa shape index (κ2) is 5.49. The van der Waals surface area contributed by atoms with Gasteiger partial charge < -0.3 is 5.11 Å². The third-order valence-corrected chi connectivity index (χ3v) is 2.03. The molecule has 15 heavy (non-hydrogen) atoms. The molecule has 0 aromatic heterocycles. The molecule has 5 heteroatoms. The van der Waals surface area contributed by atoms with E-state index in [0.717, 1.165) is 0 Å². The topological polar surface area (TPSA) is 63.4 Å². The molecule has 4 nitrogen and oxygen atoms in total. The van der Waals surface area contributed by atoms with Crippen LogP contribution < -0.4 is 0 Å². The fourth-order valence-corrected chi connectivity index (χ4v) is 1.24. The number of alkyl halides is 1. The molecule has 1 aromatic carbocycles. The molecule has 0 atom stereocenters. The van der Waals surface area contributed by atoms with Crippen LogP contribution >= 0.6 is 15.9 Å². The largest absolute Gasteiger partial charge is 0.391 e. The van der Waals surface area contributed by atoms with E-state index in [0.29, 0.717) is 10.9 Å². The Bertz CT molecular complexity index is 434. The maximum Gasteiger partial charge on any atom is 0.274 e. The monoisotopic (exact) mass is 269 g/mol. The van der Waals surface area contributed by atoms with Gasteiger partial charge in [0.25, 0.3) is 5.69 Å². The van der Waals surface area contributed by atoms with E-state index in [1.807, 2.05) is 0 Å². The van der Waals surface area contributed by atoms with Crippen molar-refractivity contribution in [2.45, 2.75) is 6.61 Å². The van der Waals surface area contributed by atoms with Gasteiger partial charge in [0.05, 0.1) is 22.4 Å². The number of rotatable bonds is 2. The van der Waals surface area contributed by atoms with Gasteiger partial charge in [-0.05, 0) is 12.1 Å². The highest BCUT2D eigenvalue weighted by Crippen LogP contribution is 2.19. The lowest BCUT2D eigenvalue weighted by Crippen LogP contribution is -1.95. The lowest BCUT2D eigenvalue weighted by molar-refractivity contribution is -0.385. The first kappa shape index (κ1) is 11.7. The molecule has 0 amide bonds. The highest BCUT2D eigenvalue weighted by Gasteiger charge is 2.12. The van der Waals surface area contributed by atoms with Crippen LogP contribution in [0.5, 0.6) is 0 Å². The third-order valence-electron chi connectivity index (χ3n) is 1.75. The minimum Gasteiger partial charge on any atom is -0.391 e. The van der Waals surface area contributed by atoms with Crippen LogP contribution in [-0.4, -0.2) is 15.4 Å². The molecular formula is C10H8BrNO3. The van der Waals surface area contributed by atoms with Gasteiger partial charge in [0, 0.05) is 11.6 Å². The van der Waals surface area contributed by atoms with Crippen molar-refractivity contribution in [1.82, 2.24) is 0 Å². The number of hydrogen-bond donors (Lipinski definition) is 1. The normalized spacial score (nSPS) is 9.20. The summed E-state index contributed by atoms with van der Waals surface area (Å²) in [6, 6.07) is 4.44. The van der Waals surface area contributed by atoms with Gasteiger partial charge in [-0.1, -0.05) is 27.8 Å². The summed E-state index contributed by atoms with van der Waals surface area (Å²) in [4.78, 5) is 10.0. The van der Waals surface area contributed by atoms with Crippen LogP contribution in [0.15, 0.2) is 18.2 Å². The number of nitro benzene ring substituents is 1. The van der Waals surface area contributed by atoms with E-state index in [-0.39, 0.29) is 17.9 Å². The molecule has 0 bridgehead atoms. The zero-order valence-corrected chi connectivity index (χ0v) is 9.32. The predicted molar refractivity (Wildman–Crippen MR) is 59.7 cm³/mol. The van der Waals surface area contributed by atoms with Crippen LogP contribution in [0, 0.1) is 22.0 Å². The van der Waals surface area contributed by atoms with E-state index in [2.05, 4.69) is 27.8 Å². The fraction of sp³-hybridized carbons (Fsp3) is 0.200. The summed E-state index contributed by atoms with van der Waals surface area (Å²) in [7, 11) is 0. The summed E-state index contributed by atoms with van der Waals surface area (Å²) >= 11 is 3.15. The quantitative estimate of drug-likeness (QED) is 0.386. The summed E-state index contributed by atoms with van der Waals surface area (Å²) < 4.78 is 0. The number of aliphatic hydroxyl groups is 1. The Hall–Kier alpha value is -1.38. The molecule has 0 spiro atoms. The summed E-state index contributed by atoms with van der Waals surface area (Å²) in [6.45, 7) is -0.361. The smallest absolute Gasteiger partial charge is 0.274 e. The minimum atomic E-state index is -0.521. The molecule has 0 unspecified atom stereocenters. The Kier molecular flexibility index (Phi) is 4.28. The van der Waals surface area contributed by atoms with Gasteiger partial charge in [0.15, 0.2) is 0 Å². The molecule has 0 aliphatic heterocycles. The Morgan fingerprint density at radius 3 is 2.80 bits per heavy atom. The molecule has 0 radical (unpaired) electrons. The molecule has 1 rings (SSSR count). The van der Waals surface area contributed by atoms with Crippen molar-refractivity contribution >= 4 is 21.6 Å². The van der Waals surface area contributed by atoms with Gasteiger partial charge in [-0.3, -0.25) is 10.1 Å². The van der Waals surface area contributed by atoms with Crippen LogP contribution in [0.4, 0.5) is 5.69 Å². The van der Waals surface area contributed by atoms with E-state index >= 15 is 0 Å². The summed E-state index contributed by atoms with van der Waals surface area (Å²) in [6.07, 6.45) is 0. The average Bonchev–Trinajstić information content (AvgIpc) is 2.25. The van der Waals surface area contributed by atoms with E-state index < -0.39 is 4.92 Å². The van der Waals surface area contributed by atoms with Gasteiger partial charge in [0.2, 0.25) is 0 Å². The molecule has 0 fully saturated rings. The predicted octanol–water partition coefficient (Wildman–Crippen LogP) is 1.83. The zero-order valence-electron chi connectivity index (χ0n) is 7.74. The van der Waals surface area contributed by atoms with Crippen molar-refractivity contribution in [3.8, 4) is 11.8 Å². The molecule has 78 valence electrons. The van der Waals surface area contributed by atoms with E-state index in [1.165, 1.54) is 12.1 Å². The highest BCUT2D eigenvalue weighted by molar-refractivity contribution is 9.09. The molecular weight excluding hydrogens is 262 g/mol. The first-order valence-corrected chi connectivity index (χ1v) is 5.24. The number of halogens is 1. The van der Waals surface area contributed by atoms with Gasteiger partial charge in [0.1, 0.15) is 0 Å². The van der Waals surface area contributed by atoms with Gasteiger partial charge >= 0.3 is 0 Å². The molecule has 0 heterocycles. The van der Waals surface area contributed by atoms with Crippen molar-refractivity contribution in [2.24, 2.45) is 0 Å². The first-order chi connectivity index (χ1) is 7.19. The molecule has 0 saturated heterocycles. The van der Waals surface area contributed by atoms with Crippen LogP contribution in [0.1, 0.15) is 11.1 Å². The maximum atomic E-state index is 10.6. The van der Waals surface area contributed by atoms with Crippen LogP contribution in [0.25, 0.3) is 0 Å². The highest BCUT2D eigenvalue weighted by atomic mass is 79.9. The molecule has 0 aliphatic carbocycles. The van der Waals surface area contributed by atoms with Gasteiger partial charge in [-0.25, -0.2) is 0 Å². The van der Waals surface area contributed by atoms with E-state index in [9.17, 15) is 10.1 Å². The van der Waals surface area contributed by atoms with Crippen LogP contribution in [0.3, 0.4) is 0 Å². The third kappa shape index (κ3) is 3.05. The molecule has 1 aromatic rings. The minimum absolute atomic E-state index is 0.0816. The average molecular weight is 270 g/mol. The van der Waals surface area contributed by atoms with Crippen LogP contribution in [-0.2, 0) is 6.61 Å². The Balaban J connectivity index is 3.13. The fourth-order valence-electron chi connectivity index (χ4n) is 1.10. The molecule has 0 aliphatic rings. The number of nitro groups is 1. The summed E-state index contributed by atoms with van der Waals surface area (Å²) in [5.74, 6) is 5.58. The molecule has 0 saturated carbocycles. The number of benzene rings is 1. The number of hydrogen-bond acceptors (Lipinski definition) is 3. The Morgan fingerprint density at radius 1 is 1.53 bits per heavy atom. The summed E-state index contributed by atoms with van der Waals surface area (Å²) in [5, 5.41) is 20.1. The van der Waals surface area contributed by atoms with E-state index in [1.54, 1.807) is 6.07 Å². The van der Waals surface area contributed by atoms with Gasteiger partial charge in [-0.2, -0.15) is 0 Å². The van der Waals surface area contributed by atoms with Crippen molar-refractivity contribution in [3.05, 3.63) is 39.4 Å². The second-order valence-electron chi connectivity index (χ2n) is 2.69. The van der Waals surface area contributed by atoms with E-state index in [4.69, 9.17) is 5.11 Å². The Labute approximate surface area is 95.2 Å². The van der Waals surface area contributed by atoms with Crippen LogP contribution in [0.2, 0.25) is 0 Å². The maximum absolute atomic E-state index is 10.6. The van der Waals surface area contributed by atoms with Crippen molar-refractivity contribution in [2.75, 3.05) is 5.33 Å². The lowest BCUT2D eigenvalue weighted by Gasteiger charge is -1.99. The van der Waals surface area contributed by atoms with Crippen molar-refractivity contribution in [1.29, 1.82) is 0 Å². The SMILES string of the molecule is O=[N+]([O-])c1ccc(C#CCBr)cc1CO. The van der Waals surface area contributed by atoms with Crippen molar-refractivity contribution < 1.29 is 10.0 Å². The lowest BCUT2D eigenvalue weighted by atomic mass is 10.1. The second-order valence-corrected chi connectivity index (χ2v) is 3.25. The molecule has 1 N–H and O–H groups in total. The first-order valence-electron chi connectivity index (χ1n) is 4.12. The summed E-state index contributed by atoms with van der Waals surface area (Å²) in [5.41, 5.74) is 0.854. The van der Waals surface area contributed by atoms with Crippen molar-refractivity contribution in [3.63, 3.8) is 0 Å². The zero-order chi connectivity index (χ0) is 11.3. The van der Waals surface area contributed by atoms with Gasteiger partial charge in [-0.15, -0.1) is 0 Å². The Morgan fingerprint density at radius 2 is 2.27 bits per heavy atom.